The van der Waals surface area contributed by atoms with Gasteiger partial charge in [0.1, 0.15) is 0 Å². The lowest BCUT2D eigenvalue weighted by atomic mass is 9.85. The van der Waals surface area contributed by atoms with Crippen LogP contribution in [0.25, 0.3) is 0 Å². The highest BCUT2D eigenvalue weighted by molar-refractivity contribution is 6.11. The Morgan fingerprint density at radius 2 is 1.79 bits per heavy atom. The number of carbonyl (C=O) groups excluding carboxylic acids is 2. The van der Waals surface area contributed by atoms with Gasteiger partial charge in [-0.15, -0.1) is 0 Å². The summed E-state index contributed by atoms with van der Waals surface area (Å²) in [5.74, 6) is -0.239. The van der Waals surface area contributed by atoms with Crippen LogP contribution in [0.2, 0.25) is 0 Å². The molecule has 1 aliphatic carbocycles. The maximum Gasteiger partial charge on any atom is 0.329 e. The van der Waals surface area contributed by atoms with Gasteiger partial charge in [0.2, 0.25) is 0 Å². The van der Waals surface area contributed by atoms with E-state index in [1.54, 1.807) is 48.5 Å². The third kappa shape index (κ3) is 3.03. The normalized spacial score (nSPS) is 26.9. The van der Waals surface area contributed by atoms with Crippen LogP contribution < -0.4 is 15.5 Å². The van der Waals surface area contributed by atoms with Crippen molar-refractivity contribution in [1.82, 2.24) is 5.32 Å². The van der Waals surface area contributed by atoms with E-state index in [9.17, 15) is 14.7 Å². The zero-order chi connectivity index (χ0) is 19.7. The lowest BCUT2D eigenvalue weighted by molar-refractivity contribution is -0.141. The van der Waals surface area contributed by atoms with Gasteiger partial charge in [0, 0.05) is 17.3 Å². The minimum absolute atomic E-state index is 0.0138. The summed E-state index contributed by atoms with van der Waals surface area (Å²) in [6.45, 7) is 2.12. The Balaban J connectivity index is 1.78. The molecule has 1 heterocycles. The van der Waals surface area contributed by atoms with E-state index in [2.05, 4.69) is 17.6 Å². The Kier molecular flexibility index (Phi) is 4.81. The second-order valence-corrected chi connectivity index (χ2v) is 7.66. The van der Waals surface area contributed by atoms with E-state index in [1.165, 1.54) is 0 Å². The first kappa shape index (κ1) is 18.5. The number of nitrogens with zero attached hydrogens (tertiary/aromatic N) is 1. The van der Waals surface area contributed by atoms with Crippen molar-refractivity contribution >= 4 is 23.3 Å². The molecule has 1 fully saturated rings. The number of rotatable bonds is 3. The van der Waals surface area contributed by atoms with Crippen molar-refractivity contribution in [2.24, 2.45) is 5.92 Å². The molecule has 6 heteroatoms. The predicted molar refractivity (Wildman–Crippen MR) is 108 cm³/mol. The van der Waals surface area contributed by atoms with Crippen molar-refractivity contribution < 1.29 is 14.7 Å². The van der Waals surface area contributed by atoms with Crippen molar-refractivity contribution in [3.05, 3.63) is 60.2 Å². The molecule has 3 amide bonds. The molecule has 3 N–H and O–H groups in total. The highest BCUT2D eigenvalue weighted by Crippen LogP contribution is 2.40. The first-order valence-electron chi connectivity index (χ1n) is 9.81. The summed E-state index contributed by atoms with van der Waals surface area (Å²) in [4.78, 5) is 27.5. The highest BCUT2D eigenvalue weighted by Gasteiger charge is 2.52. The van der Waals surface area contributed by atoms with Gasteiger partial charge in [-0.05, 0) is 37.0 Å². The first-order valence-corrected chi connectivity index (χ1v) is 9.81. The van der Waals surface area contributed by atoms with Crippen LogP contribution in [0.4, 0.5) is 16.2 Å². The van der Waals surface area contributed by atoms with Crippen molar-refractivity contribution in [2.45, 2.75) is 44.4 Å². The zero-order valence-electron chi connectivity index (χ0n) is 15.9. The van der Waals surface area contributed by atoms with Crippen molar-refractivity contribution in [1.29, 1.82) is 0 Å². The fraction of sp³-hybridized carbons (Fsp3) is 0.364. The Bertz CT molecular complexity index is 886. The molecule has 3 atom stereocenters. The summed E-state index contributed by atoms with van der Waals surface area (Å²) in [7, 11) is 0. The monoisotopic (exact) mass is 379 g/mol. The molecule has 0 saturated heterocycles. The van der Waals surface area contributed by atoms with E-state index in [-0.39, 0.29) is 6.04 Å². The molecule has 1 saturated carbocycles. The number of hydrogen-bond donors (Lipinski definition) is 3. The topological polar surface area (TPSA) is 81.7 Å². The Morgan fingerprint density at radius 1 is 1.11 bits per heavy atom. The molecular formula is C22H25N3O3. The van der Waals surface area contributed by atoms with Crippen LogP contribution in [0, 0.1) is 5.92 Å². The zero-order valence-corrected chi connectivity index (χ0v) is 15.9. The molecular weight excluding hydrogens is 354 g/mol. The van der Waals surface area contributed by atoms with Gasteiger partial charge in [0.05, 0.1) is 5.69 Å². The van der Waals surface area contributed by atoms with E-state index < -0.39 is 17.7 Å². The molecule has 0 bridgehead atoms. The maximum absolute atomic E-state index is 13.4. The molecule has 2 aromatic carbocycles. The van der Waals surface area contributed by atoms with Gasteiger partial charge in [-0.25, -0.2) is 4.79 Å². The molecule has 0 aromatic heterocycles. The Hall–Kier alpha value is -2.86. The smallest absolute Gasteiger partial charge is 0.329 e. The van der Waals surface area contributed by atoms with Crippen molar-refractivity contribution in [3.63, 3.8) is 0 Å². The maximum atomic E-state index is 13.4. The average molecular weight is 379 g/mol. The fourth-order valence-corrected chi connectivity index (χ4v) is 4.24. The van der Waals surface area contributed by atoms with E-state index in [1.807, 2.05) is 6.07 Å². The largest absolute Gasteiger partial charge is 0.359 e. The minimum atomic E-state index is -2.13. The van der Waals surface area contributed by atoms with E-state index in [0.717, 1.165) is 30.6 Å². The van der Waals surface area contributed by atoms with Gasteiger partial charge in [-0.3, -0.25) is 9.69 Å². The standard InChI is InChI=1S/C22H25N3O3/c1-15-9-5-7-13-18(15)23-20(26)22(28)17-12-6-8-14-19(17)24-21(27)25(22)16-10-3-2-4-11-16/h2-4,6,8,10-12,14-15,18,28H,5,7,9,13H2,1H3,(H,23,26)(H,24,27)/t15-,18+,22+/m1/s1. The van der Waals surface area contributed by atoms with Crippen LogP contribution in [0.3, 0.4) is 0 Å². The fourth-order valence-electron chi connectivity index (χ4n) is 4.24. The lowest BCUT2D eigenvalue weighted by Crippen LogP contribution is -2.64. The number of urea groups is 1. The van der Waals surface area contributed by atoms with Gasteiger partial charge in [-0.1, -0.05) is 56.2 Å². The summed E-state index contributed by atoms with van der Waals surface area (Å²) >= 11 is 0. The van der Waals surface area contributed by atoms with Crippen LogP contribution in [-0.2, 0) is 10.5 Å². The first-order chi connectivity index (χ1) is 13.5. The summed E-state index contributed by atoms with van der Waals surface area (Å²) in [6, 6.07) is 15.1. The van der Waals surface area contributed by atoms with E-state index >= 15 is 0 Å². The van der Waals surface area contributed by atoms with Crippen LogP contribution in [0.1, 0.15) is 38.2 Å². The number of hydrogen-bond acceptors (Lipinski definition) is 3. The minimum Gasteiger partial charge on any atom is -0.359 e. The average Bonchev–Trinajstić information content (AvgIpc) is 2.70. The molecule has 0 radical (unpaired) electrons. The van der Waals surface area contributed by atoms with Crippen LogP contribution >= 0.6 is 0 Å². The third-order valence-corrected chi connectivity index (χ3v) is 5.83. The summed E-state index contributed by atoms with van der Waals surface area (Å²) in [5, 5.41) is 17.6. The number of anilines is 2. The molecule has 4 rings (SSSR count). The molecule has 1 aliphatic heterocycles. The van der Waals surface area contributed by atoms with E-state index in [0.29, 0.717) is 22.9 Å². The SMILES string of the molecule is C[C@@H]1CCCC[C@@H]1NC(=O)[C@@]1(O)c2ccccc2NC(=O)N1c1ccccc1. The molecule has 0 unspecified atom stereocenters. The number of amides is 3. The van der Waals surface area contributed by atoms with Crippen LogP contribution in [-0.4, -0.2) is 23.1 Å². The number of fused-ring (bicyclic) bond motifs is 1. The Labute approximate surface area is 164 Å². The third-order valence-electron chi connectivity index (χ3n) is 5.83. The molecule has 2 aromatic rings. The highest BCUT2D eigenvalue weighted by atomic mass is 16.3. The number of nitrogens with one attached hydrogen (secondary N) is 2. The summed E-state index contributed by atoms with van der Waals surface area (Å²) < 4.78 is 0. The molecule has 6 nitrogen and oxygen atoms in total. The number of aliphatic hydroxyl groups is 1. The lowest BCUT2D eigenvalue weighted by Gasteiger charge is -2.43. The number of carbonyl (C=O) groups is 2. The second kappa shape index (κ2) is 7.28. The quantitative estimate of drug-likeness (QED) is 0.762. The van der Waals surface area contributed by atoms with Gasteiger partial charge in [0.25, 0.3) is 11.6 Å². The summed E-state index contributed by atoms with van der Waals surface area (Å²) in [5.41, 5.74) is -0.880. The van der Waals surface area contributed by atoms with Gasteiger partial charge < -0.3 is 15.7 Å². The molecule has 0 spiro atoms. The predicted octanol–water partition coefficient (Wildman–Crippen LogP) is 3.58. The molecule has 28 heavy (non-hydrogen) atoms. The van der Waals surface area contributed by atoms with Gasteiger partial charge in [-0.2, -0.15) is 0 Å². The Morgan fingerprint density at radius 3 is 2.54 bits per heavy atom. The van der Waals surface area contributed by atoms with Gasteiger partial charge in [0.15, 0.2) is 0 Å². The summed E-state index contributed by atoms with van der Waals surface area (Å²) in [6.07, 6.45) is 4.12. The molecule has 146 valence electrons. The van der Waals surface area contributed by atoms with Crippen molar-refractivity contribution in [2.75, 3.05) is 10.2 Å². The number of benzene rings is 2. The van der Waals surface area contributed by atoms with Crippen LogP contribution in [0.5, 0.6) is 0 Å². The van der Waals surface area contributed by atoms with Gasteiger partial charge >= 0.3 is 6.03 Å². The number of para-hydroxylation sites is 2. The van der Waals surface area contributed by atoms with E-state index in [4.69, 9.17) is 0 Å². The molecule has 2 aliphatic rings. The van der Waals surface area contributed by atoms with Crippen molar-refractivity contribution in [3.8, 4) is 0 Å². The second-order valence-electron chi connectivity index (χ2n) is 7.66. The van der Waals surface area contributed by atoms with Crippen LogP contribution in [0.15, 0.2) is 54.6 Å².